The van der Waals surface area contributed by atoms with E-state index in [2.05, 4.69) is 10.3 Å². The maximum absolute atomic E-state index is 11.2. The highest BCUT2D eigenvalue weighted by atomic mass is 16.6. The van der Waals surface area contributed by atoms with Gasteiger partial charge in [0, 0.05) is 24.0 Å². The highest BCUT2D eigenvalue weighted by molar-refractivity contribution is 5.98. The van der Waals surface area contributed by atoms with E-state index in [0.717, 1.165) is 0 Å². The molecule has 0 fully saturated rings. The lowest BCUT2D eigenvalue weighted by Crippen LogP contribution is -2.14. The number of primary amides is 1. The summed E-state index contributed by atoms with van der Waals surface area (Å²) in [7, 11) is 0. The van der Waals surface area contributed by atoms with Crippen LogP contribution in [0.15, 0.2) is 42.6 Å². The third-order valence-corrected chi connectivity index (χ3v) is 2.39. The van der Waals surface area contributed by atoms with Crippen molar-refractivity contribution < 1.29 is 9.72 Å². The lowest BCUT2D eigenvalue weighted by molar-refractivity contribution is -0.384. The molecule has 2 rings (SSSR count). The number of nitrogens with two attached hydrogens (primary N) is 1. The molecule has 0 unspecified atom stereocenters. The SMILES string of the molecule is NC(=O)c1cccnc1Nc1cccc([N+](=O)[O-])c1. The van der Waals surface area contributed by atoms with Crippen molar-refractivity contribution in [3.63, 3.8) is 0 Å². The van der Waals surface area contributed by atoms with Gasteiger partial charge >= 0.3 is 0 Å². The summed E-state index contributed by atoms with van der Waals surface area (Å²) in [6.45, 7) is 0. The van der Waals surface area contributed by atoms with Crippen molar-refractivity contribution in [2.45, 2.75) is 0 Å². The molecular formula is C12H10N4O3. The second kappa shape index (κ2) is 5.13. The molecule has 0 spiro atoms. The van der Waals surface area contributed by atoms with Gasteiger partial charge in [-0.2, -0.15) is 0 Å². The Morgan fingerprint density at radius 1 is 1.32 bits per heavy atom. The van der Waals surface area contributed by atoms with Crippen LogP contribution in [0.2, 0.25) is 0 Å². The molecule has 0 radical (unpaired) electrons. The Bertz CT molecular complexity index is 642. The molecule has 3 N–H and O–H groups in total. The van der Waals surface area contributed by atoms with Crippen LogP contribution >= 0.6 is 0 Å². The van der Waals surface area contributed by atoms with Crippen LogP contribution in [0.3, 0.4) is 0 Å². The van der Waals surface area contributed by atoms with E-state index in [-0.39, 0.29) is 17.1 Å². The van der Waals surface area contributed by atoms with Gasteiger partial charge < -0.3 is 11.1 Å². The molecule has 0 bridgehead atoms. The molecule has 2 aromatic rings. The summed E-state index contributed by atoms with van der Waals surface area (Å²) in [5.74, 6) is -0.364. The third kappa shape index (κ3) is 2.83. The van der Waals surface area contributed by atoms with Crippen molar-refractivity contribution >= 4 is 23.1 Å². The van der Waals surface area contributed by atoms with Gasteiger partial charge in [-0.15, -0.1) is 0 Å². The number of nitro groups is 1. The zero-order valence-corrected chi connectivity index (χ0v) is 9.74. The van der Waals surface area contributed by atoms with E-state index in [4.69, 9.17) is 5.73 Å². The number of amides is 1. The number of pyridine rings is 1. The van der Waals surface area contributed by atoms with Crippen molar-refractivity contribution in [2.24, 2.45) is 5.73 Å². The third-order valence-electron chi connectivity index (χ3n) is 2.39. The number of rotatable bonds is 4. The van der Waals surface area contributed by atoms with Crippen molar-refractivity contribution in [1.82, 2.24) is 4.98 Å². The minimum absolute atomic E-state index is 0.0541. The quantitative estimate of drug-likeness (QED) is 0.641. The smallest absolute Gasteiger partial charge is 0.271 e. The Balaban J connectivity index is 2.34. The van der Waals surface area contributed by atoms with Crippen LogP contribution in [0.25, 0.3) is 0 Å². The number of non-ortho nitro benzene ring substituents is 1. The standard InChI is InChI=1S/C12H10N4O3/c13-11(17)10-5-2-6-14-12(10)15-8-3-1-4-9(7-8)16(18)19/h1-7H,(H2,13,17)(H,14,15). The zero-order valence-electron chi connectivity index (χ0n) is 9.74. The fourth-order valence-corrected chi connectivity index (χ4v) is 1.54. The Kier molecular flexibility index (Phi) is 3.37. The maximum atomic E-state index is 11.2. The Hall–Kier alpha value is -2.96. The number of carbonyl (C=O) groups is 1. The first-order chi connectivity index (χ1) is 9.08. The summed E-state index contributed by atoms with van der Waals surface area (Å²) in [5, 5.41) is 13.5. The van der Waals surface area contributed by atoms with Crippen LogP contribution in [0.4, 0.5) is 17.2 Å². The van der Waals surface area contributed by atoms with Crippen LogP contribution in [0.5, 0.6) is 0 Å². The van der Waals surface area contributed by atoms with Crippen molar-refractivity contribution in [1.29, 1.82) is 0 Å². The molecule has 1 aromatic carbocycles. The van der Waals surface area contributed by atoms with Gasteiger partial charge in [0.2, 0.25) is 0 Å². The summed E-state index contributed by atoms with van der Waals surface area (Å²) in [6.07, 6.45) is 1.49. The van der Waals surface area contributed by atoms with Gasteiger partial charge in [0.15, 0.2) is 0 Å². The number of benzene rings is 1. The van der Waals surface area contributed by atoms with Gasteiger partial charge in [0.1, 0.15) is 5.82 Å². The maximum Gasteiger partial charge on any atom is 0.271 e. The van der Waals surface area contributed by atoms with Crippen molar-refractivity contribution in [3.8, 4) is 0 Å². The van der Waals surface area contributed by atoms with E-state index >= 15 is 0 Å². The molecule has 96 valence electrons. The fourth-order valence-electron chi connectivity index (χ4n) is 1.54. The van der Waals surface area contributed by atoms with Crippen LogP contribution < -0.4 is 11.1 Å². The van der Waals surface area contributed by atoms with Crippen LogP contribution in [0.1, 0.15) is 10.4 Å². The Morgan fingerprint density at radius 2 is 2.11 bits per heavy atom. The summed E-state index contributed by atoms with van der Waals surface area (Å²) in [5.41, 5.74) is 5.84. The van der Waals surface area contributed by atoms with E-state index in [1.165, 1.54) is 30.5 Å². The van der Waals surface area contributed by atoms with Crippen LogP contribution in [0, 0.1) is 10.1 Å². The fraction of sp³-hybridized carbons (Fsp3) is 0. The highest BCUT2D eigenvalue weighted by Crippen LogP contribution is 2.22. The first-order valence-electron chi connectivity index (χ1n) is 5.34. The highest BCUT2D eigenvalue weighted by Gasteiger charge is 2.10. The van der Waals surface area contributed by atoms with Crippen molar-refractivity contribution in [2.75, 3.05) is 5.32 Å². The van der Waals surface area contributed by atoms with Gasteiger partial charge in [0.25, 0.3) is 11.6 Å². The molecular weight excluding hydrogens is 248 g/mol. The van der Waals surface area contributed by atoms with E-state index in [1.54, 1.807) is 12.1 Å². The number of hydrogen-bond donors (Lipinski definition) is 2. The molecule has 19 heavy (non-hydrogen) atoms. The predicted molar refractivity (Wildman–Crippen MR) is 69.1 cm³/mol. The Morgan fingerprint density at radius 3 is 2.79 bits per heavy atom. The van der Waals surface area contributed by atoms with E-state index in [9.17, 15) is 14.9 Å². The largest absolute Gasteiger partial charge is 0.365 e. The van der Waals surface area contributed by atoms with E-state index in [0.29, 0.717) is 5.69 Å². The molecule has 1 heterocycles. The molecule has 0 saturated carbocycles. The molecule has 0 aliphatic carbocycles. The van der Waals surface area contributed by atoms with Gasteiger partial charge in [0.05, 0.1) is 10.5 Å². The summed E-state index contributed by atoms with van der Waals surface area (Å²) in [6, 6.07) is 8.99. The summed E-state index contributed by atoms with van der Waals surface area (Å²) < 4.78 is 0. The number of nitrogens with zero attached hydrogens (tertiary/aromatic N) is 2. The number of anilines is 2. The first-order valence-corrected chi connectivity index (χ1v) is 5.34. The number of carbonyl (C=O) groups excluding carboxylic acids is 1. The van der Waals surface area contributed by atoms with Gasteiger partial charge in [-0.05, 0) is 18.2 Å². The minimum atomic E-state index is -0.624. The predicted octanol–water partition coefficient (Wildman–Crippen LogP) is 1.83. The average Bonchev–Trinajstić information content (AvgIpc) is 2.39. The normalized spacial score (nSPS) is 9.89. The molecule has 0 aliphatic heterocycles. The molecule has 1 amide bonds. The van der Waals surface area contributed by atoms with E-state index < -0.39 is 10.8 Å². The zero-order chi connectivity index (χ0) is 13.8. The van der Waals surface area contributed by atoms with Crippen molar-refractivity contribution in [3.05, 3.63) is 58.3 Å². The van der Waals surface area contributed by atoms with Crippen LogP contribution in [-0.2, 0) is 0 Å². The monoisotopic (exact) mass is 258 g/mol. The molecule has 1 aromatic heterocycles. The number of nitrogens with one attached hydrogen (secondary N) is 1. The van der Waals surface area contributed by atoms with Gasteiger partial charge in [-0.3, -0.25) is 14.9 Å². The average molecular weight is 258 g/mol. The molecule has 0 atom stereocenters. The molecule has 0 saturated heterocycles. The first kappa shape index (κ1) is 12.5. The number of nitro benzene ring substituents is 1. The topological polar surface area (TPSA) is 111 Å². The summed E-state index contributed by atoms with van der Waals surface area (Å²) in [4.78, 5) is 25.4. The minimum Gasteiger partial charge on any atom is -0.365 e. The lowest BCUT2D eigenvalue weighted by Gasteiger charge is -2.08. The lowest BCUT2D eigenvalue weighted by atomic mass is 10.2. The second-order valence-electron chi connectivity index (χ2n) is 3.70. The van der Waals surface area contributed by atoms with Gasteiger partial charge in [-0.1, -0.05) is 6.07 Å². The molecule has 7 nitrogen and oxygen atoms in total. The van der Waals surface area contributed by atoms with Crippen LogP contribution in [-0.4, -0.2) is 15.8 Å². The summed E-state index contributed by atoms with van der Waals surface area (Å²) >= 11 is 0. The van der Waals surface area contributed by atoms with E-state index in [1.807, 2.05) is 0 Å². The van der Waals surface area contributed by atoms with Gasteiger partial charge in [-0.25, -0.2) is 4.98 Å². The molecule has 0 aliphatic rings. The number of aromatic nitrogens is 1. The number of hydrogen-bond acceptors (Lipinski definition) is 5. The Labute approximate surface area is 108 Å². The second-order valence-corrected chi connectivity index (χ2v) is 3.70. The molecule has 7 heteroatoms.